The summed E-state index contributed by atoms with van der Waals surface area (Å²) in [6.45, 7) is 12.0. The van der Waals surface area contributed by atoms with E-state index in [0.717, 1.165) is 21.1 Å². The molecule has 3 N–H and O–H groups in total. The average Bonchev–Trinajstić information content (AvgIpc) is 3.30. The summed E-state index contributed by atoms with van der Waals surface area (Å²) in [4.78, 5) is 77.1. The number of hydrogen-bond acceptors (Lipinski definition) is 11. The van der Waals surface area contributed by atoms with Crippen LogP contribution in [0.4, 0.5) is 25.0 Å². The number of carbonyl (C=O) groups excluding carboxylic acids is 5. The van der Waals surface area contributed by atoms with Gasteiger partial charge in [0, 0.05) is 93.9 Å². The third-order valence-corrected chi connectivity index (χ3v) is 12.2. The second-order valence-electron chi connectivity index (χ2n) is 18.6. The van der Waals surface area contributed by atoms with Crippen LogP contribution in [-0.4, -0.2) is 138 Å². The van der Waals surface area contributed by atoms with E-state index >= 15 is 0 Å². The van der Waals surface area contributed by atoms with Crippen LogP contribution in [-0.2, 0) is 37.0 Å². The number of hydrogen-bond donors (Lipinski definition) is 2. The molecule has 0 bridgehead atoms. The summed E-state index contributed by atoms with van der Waals surface area (Å²) in [6.07, 6.45) is -1.63. The summed E-state index contributed by atoms with van der Waals surface area (Å²) in [7, 11) is 0. The van der Waals surface area contributed by atoms with Crippen molar-refractivity contribution in [1.29, 1.82) is 0 Å². The Bertz CT molecular complexity index is 2500. The molecule has 0 saturated carbocycles. The minimum Gasteiger partial charge on any atom is -0.482 e. The highest BCUT2D eigenvalue weighted by Crippen LogP contribution is 2.35. The summed E-state index contributed by atoms with van der Waals surface area (Å²) in [5.74, 6) is -2.27. The van der Waals surface area contributed by atoms with Crippen molar-refractivity contribution in [2.75, 3.05) is 75.9 Å². The van der Waals surface area contributed by atoms with Crippen molar-refractivity contribution in [3.05, 3.63) is 118 Å². The summed E-state index contributed by atoms with van der Waals surface area (Å²) in [5, 5.41) is 5.16. The van der Waals surface area contributed by atoms with Crippen molar-refractivity contribution in [3.8, 4) is 11.5 Å². The molecule has 2 unspecified atom stereocenters. The summed E-state index contributed by atoms with van der Waals surface area (Å²) < 4.78 is 44.8. The van der Waals surface area contributed by atoms with E-state index in [1.54, 1.807) is 60.9 Å². The third kappa shape index (κ3) is 15.7. The van der Waals surface area contributed by atoms with E-state index in [1.165, 1.54) is 54.6 Å². The van der Waals surface area contributed by atoms with E-state index in [1.807, 2.05) is 13.8 Å². The Morgan fingerprint density at radius 3 is 1.69 bits per heavy atom. The van der Waals surface area contributed by atoms with Crippen molar-refractivity contribution in [1.82, 2.24) is 24.6 Å². The molecule has 2 atom stereocenters. The van der Waals surface area contributed by atoms with Crippen LogP contribution < -0.4 is 25.5 Å². The molecule has 0 aromatic heterocycles. The number of nitrogens with two attached hydrogens (primary N) is 1. The number of carbonyl (C=O) groups is 5. The van der Waals surface area contributed by atoms with Crippen LogP contribution in [0, 0.1) is 11.6 Å². The van der Waals surface area contributed by atoms with Gasteiger partial charge in [0.2, 0.25) is 11.8 Å². The van der Waals surface area contributed by atoms with Crippen LogP contribution in [0.3, 0.4) is 0 Å². The first kappa shape index (κ1) is 54.3. The van der Waals surface area contributed by atoms with E-state index < -0.39 is 43.1 Å². The maximum absolute atomic E-state index is 14.1. The molecule has 5 amide bonds. The van der Waals surface area contributed by atoms with Crippen molar-refractivity contribution in [3.63, 3.8) is 0 Å². The van der Waals surface area contributed by atoms with Gasteiger partial charge in [0.1, 0.15) is 34.4 Å². The Hall–Kier alpha value is -6.05. The molecule has 2 aliphatic heterocycles. The van der Waals surface area contributed by atoms with E-state index in [0.29, 0.717) is 52.4 Å². The lowest BCUT2D eigenvalue weighted by molar-refractivity contribution is -0.138. The number of nitrogens with one attached hydrogen (secondary N) is 1. The standard InChI is InChI=1S/C51H62Cl2F2N8O8/c1-34-28-58(30-36-6-12-40(54)13-7-36)22-24-60(34)48(66)32-69-44-16-10-38(52)26-42(44)57-46(64)19-21-62(50(68)71-51(3,4)5)63(47(65)18-20-56)43-27-39(53)11-17-45(43)70-33-49(67)61-25-23-59(29-35(61)2)31-37-8-14-41(55)15-9-37/h6-17,26-27,34-35H,18-25,28-33,56H2,1-5H3,(H,57,64). The monoisotopic (exact) mass is 1020 g/mol. The Balaban J connectivity index is 1.13. The topological polar surface area (TPSA) is 171 Å². The fourth-order valence-corrected chi connectivity index (χ4v) is 8.71. The summed E-state index contributed by atoms with van der Waals surface area (Å²) in [5.41, 5.74) is 6.91. The van der Waals surface area contributed by atoms with Crippen LogP contribution in [0.1, 0.15) is 58.6 Å². The number of anilines is 2. The molecule has 71 heavy (non-hydrogen) atoms. The lowest BCUT2D eigenvalue weighted by Gasteiger charge is -2.40. The molecule has 0 aliphatic carbocycles. The number of amides is 5. The minimum absolute atomic E-state index is 0.00834. The molecule has 4 aromatic rings. The largest absolute Gasteiger partial charge is 0.482 e. The fraction of sp³-hybridized carbons (Fsp3) is 0.431. The van der Waals surface area contributed by atoms with Gasteiger partial charge in [0.15, 0.2) is 13.2 Å². The first-order valence-electron chi connectivity index (χ1n) is 23.5. The number of nitrogens with zero attached hydrogens (tertiary/aromatic N) is 6. The van der Waals surface area contributed by atoms with E-state index in [9.17, 15) is 32.8 Å². The van der Waals surface area contributed by atoms with Gasteiger partial charge in [0.25, 0.3) is 11.8 Å². The zero-order chi connectivity index (χ0) is 51.4. The fourth-order valence-electron chi connectivity index (χ4n) is 8.38. The van der Waals surface area contributed by atoms with Gasteiger partial charge in [-0.3, -0.25) is 29.0 Å². The molecule has 16 nitrogen and oxygen atoms in total. The molecule has 0 spiro atoms. The molecule has 6 rings (SSSR count). The molecule has 0 radical (unpaired) electrons. The number of piperazine rings is 2. The Morgan fingerprint density at radius 2 is 1.20 bits per heavy atom. The van der Waals surface area contributed by atoms with Crippen molar-refractivity contribution in [2.45, 2.75) is 78.2 Å². The second kappa shape index (κ2) is 24.9. The maximum Gasteiger partial charge on any atom is 0.429 e. The number of halogens is 4. The zero-order valence-corrected chi connectivity index (χ0v) is 42.2. The van der Waals surface area contributed by atoms with Gasteiger partial charge in [-0.1, -0.05) is 47.5 Å². The Labute approximate surface area is 423 Å². The second-order valence-corrected chi connectivity index (χ2v) is 19.4. The summed E-state index contributed by atoms with van der Waals surface area (Å²) in [6, 6.07) is 21.2. The quantitative estimate of drug-likeness (QED) is 0.101. The molecule has 2 saturated heterocycles. The molecule has 4 aromatic carbocycles. The molecule has 2 fully saturated rings. The smallest absolute Gasteiger partial charge is 0.429 e. The lowest BCUT2D eigenvalue weighted by atomic mass is 10.1. The third-order valence-electron chi connectivity index (χ3n) is 11.8. The highest BCUT2D eigenvalue weighted by Gasteiger charge is 2.35. The van der Waals surface area contributed by atoms with E-state index in [-0.39, 0.29) is 88.0 Å². The van der Waals surface area contributed by atoms with Crippen LogP contribution in [0.5, 0.6) is 11.5 Å². The van der Waals surface area contributed by atoms with Crippen LogP contribution in [0.15, 0.2) is 84.9 Å². The minimum atomic E-state index is -1.04. The van der Waals surface area contributed by atoms with Gasteiger partial charge >= 0.3 is 6.09 Å². The van der Waals surface area contributed by atoms with Gasteiger partial charge in [-0.15, -0.1) is 0 Å². The van der Waals surface area contributed by atoms with Crippen LogP contribution >= 0.6 is 23.2 Å². The van der Waals surface area contributed by atoms with Crippen molar-refractivity contribution >= 4 is 64.3 Å². The SMILES string of the molecule is CC1CN(Cc2ccc(F)cc2)CCN1C(=O)COc1ccc(Cl)cc1NC(=O)CCN(C(=O)OC(C)(C)C)N(C(=O)CCN)c1cc(Cl)ccc1OCC(=O)N1CCN(Cc2ccc(F)cc2)CC1C. The van der Waals surface area contributed by atoms with Crippen LogP contribution in [0.2, 0.25) is 10.0 Å². The van der Waals surface area contributed by atoms with Crippen molar-refractivity contribution < 1.29 is 47.0 Å². The van der Waals surface area contributed by atoms with Gasteiger partial charge in [-0.2, -0.15) is 0 Å². The van der Waals surface area contributed by atoms with Gasteiger partial charge in [-0.05, 0) is 106 Å². The highest BCUT2D eigenvalue weighted by atomic mass is 35.5. The Kier molecular flexibility index (Phi) is 19.0. The number of hydrazine groups is 1. The predicted octanol–water partition coefficient (Wildman–Crippen LogP) is 7.36. The number of ether oxygens (including phenoxy) is 3. The molecule has 2 heterocycles. The molecule has 382 valence electrons. The first-order chi connectivity index (χ1) is 33.8. The number of benzene rings is 4. The average molecular weight is 1020 g/mol. The lowest BCUT2D eigenvalue weighted by Crippen LogP contribution is -2.54. The maximum atomic E-state index is 14.1. The first-order valence-corrected chi connectivity index (χ1v) is 24.2. The van der Waals surface area contributed by atoms with Gasteiger partial charge in [-0.25, -0.2) is 23.6 Å². The number of rotatable bonds is 17. The van der Waals surface area contributed by atoms with E-state index in [4.69, 9.17) is 43.1 Å². The highest BCUT2D eigenvalue weighted by molar-refractivity contribution is 6.31. The Morgan fingerprint density at radius 1 is 0.704 bits per heavy atom. The molecule has 20 heteroatoms. The normalized spacial score (nSPS) is 16.5. The van der Waals surface area contributed by atoms with Crippen LogP contribution in [0.25, 0.3) is 0 Å². The molecular formula is C51H62Cl2F2N8O8. The van der Waals surface area contributed by atoms with Crippen molar-refractivity contribution in [2.24, 2.45) is 5.73 Å². The molecular weight excluding hydrogens is 962 g/mol. The predicted molar refractivity (Wildman–Crippen MR) is 267 cm³/mol. The zero-order valence-electron chi connectivity index (χ0n) is 40.7. The summed E-state index contributed by atoms with van der Waals surface area (Å²) >= 11 is 12.9. The van der Waals surface area contributed by atoms with E-state index in [2.05, 4.69) is 15.1 Å². The molecule has 2 aliphatic rings. The van der Waals surface area contributed by atoms with Gasteiger partial charge < -0.3 is 35.1 Å². The van der Waals surface area contributed by atoms with Gasteiger partial charge in [0.05, 0.1) is 12.2 Å².